The van der Waals surface area contributed by atoms with E-state index in [2.05, 4.69) is 0 Å². The molecule has 0 spiro atoms. The van der Waals surface area contributed by atoms with E-state index in [-0.39, 0.29) is 35.7 Å². The van der Waals surface area contributed by atoms with E-state index >= 15 is 0 Å². The molecule has 0 amide bonds. The zero-order valence-electron chi connectivity index (χ0n) is 24.1. The van der Waals surface area contributed by atoms with Crippen LogP contribution in [0.25, 0.3) is 5.69 Å². The van der Waals surface area contributed by atoms with Gasteiger partial charge in [0.05, 0.1) is 42.2 Å². The van der Waals surface area contributed by atoms with E-state index in [0.29, 0.717) is 47.9 Å². The zero-order chi connectivity index (χ0) is 30.6. The van der Waals surface area contributed by atoms with Crippen LogP contribution in [0, 0.1) is 11.6 Å². The zero-order valence-corrected chi connectivity index (χ0v) is 24.9. The van der Waals surface area contributed by atoms with E-state index in [4.69, 9.17) is 24.0 Å². The van der Waals surface area contributed by atoms with Crippen molar-refractivity contribution in [2.45, 2.75) is 43.7 Å². The van der Waals surface area contributed by atoms with Gasteiger partial charge in [-0.25, -0.2) is 21.9 Å². The summed E-state index contributed by atoms with van der Waals surface area (Å²) in [5, 5.41) is 4.75. The Balaban J connectivity index is 1.63. The van der Waals surface area contributed by atoms with Crippen molar-refractivity contribution >= 4 is 10.0 Å². The summed E-state index contributed by atoms with van der Waals surface area (Å²) in [5.74, 6) is -0.647. The van der Waals surface area contributed by atoms with Gasteiger partial charge in [-0.15, -0.1) is 0 Å². The Labute approximate surface area is 249 Å². The molecule has 2 heterocycles. The Kier molecular flexibility index (Phi) is 9.28. The van der Waals surface area contributed by atoms with Crippen molar-refractivity contribution in [3.63, 3.8) is 0 Å². The first-order valence-electron chi connectivity index (χ1n) is 13.9. The molecule has 1 fully saturated rings. The molecule has 12 heteroatoms. The number of nitrogens with zero attached hydrogens (tertiary/aromatic N) is 3. The van der Waals surface area contributed by atoms with Crippen LogP contribution in [-0.2, 0) is 27.7 Å². The van der Waals surface area contributed by atoms with E-state index in [1.807, 2.05) is 6.92 Å². The van der Waals surface area contributed by atoms with Crippen molar-refractivity contribution in [3.8, 4) is 28.8 Å². The lowest BCUT2D eigenvalue weighted by atomic mass is 10.2. The molecule has 5 rings (SSSR count). The molecule has 1 aliphatic rings. The van der Waals surface area contributed by atoms with Crippen molar-refractivity contribution in [1.82, 2.24) is 14.1 Å². The molecule has 228 valence electrons. The van der Waals surface area contributed by atoms with Crippen molar-refractivity contribution in [3.05, 3.63) is 89.6 Å². The van der Waals surface area contributed by atoms with Gasteiger partial charge < -0.3 is 18.9 Å². The highest BCUT2D eigenvalue weighted by atomic mass is 32.2. The normalized spacial score (nSPS) is 15.2. The van der Waals surface area contributed by atoms with E-state index in [9.17, 15) is 17.2 Å². The molecular formula is C31H33F2N3O6S. The van der Waals surface area contributed by atoms with Crippen molar-refractivity contribution < 1.29 is 36.1 Å². The van der Waals surface area contributed by atoms with Gasteiger partial charge in [-0.2, -0.15) is 9.40 Å². The van der Waals surface area contributed by atoms with Crippen molar-refractivity contribution in [2.75, 3.05) is 27.4 Å². The topological polar surface area (TPSA) is 92.1 Å². The molecule has 0 N–H and O–H groups in total. The Morgan fingerprint density at radius 1 is 1.00 bits per heavy atom. The third-order valence-corrected chi connectivity index (χ3v) is 9.06. The van der Waals surface area contributed by atoms with Crippen LogP contribution >= 0.6 is 0 Å². The minimum Gasteiger partial charge on any atom is -0.497 e. The number of halogens is 2. The van der Waals surface area contributed by atoms with Gasteiger partial charge in [0.25, 0.3) is 0 Å². The first-order chi connectivity index (χ1) is 20.7. The van der Waals surface area contributed by atoms with E-state index in [1.54, 1.807) is 43.5 Å². The molecule has 1 aliphatic heterocycles. The summed E-state index contributed by atoms with van der Waals surface area (Å²) >= 11 is 0. The largest absolute Gasteiger partial charge is 0.497 e. The number of methoxy groups -OCH3 is 2. The summed E-state index contributed by atoms with van der Waals surface area (Å²) in [4.78, 5) is 0.0824. The fourth-order valence-electron chi connectivity index (χ4n) is 4.92. The SMILES string of the molecule is CCc1nn(-c2ccc(OC)cc2)c(Oc2ccc(F)cc2F)c1CN(CC1CCCO1)S(=O)(=O)c1ccc(OC)cc1. The lowest BCUT2D eigenvalue weighted by molar-refractivity contribution is 0.0924. The van der Waals surface area contributed by atoms with Gasteiger partial charge in [-0.05, 0) is 79.9 Å². The number of hydrogen-bond acceptors (Lipinski definition) is 7. The quantitative estimate of drug-likeness (QED) is 0.197. The van der Waals surface area contributed by atoms with Gasteiger partial charge in [-0.1, -0.05) is 6.92 Å². The van der Waals surface area contributed by atoms with Gasteiger partial charge >= 0.3 is 0 Å². The molecule has 4 aromatic rings. The summed E-state index contributed by atoms with van der Waals surface area (Å²) in [6.07, 6.45) is 1.67. The maximum Gasteiger partial charge on any atom is 0.243 e. The predicted octanol–water partition coefficient (Wildman–Crippen LogP) is 5.89. The number of sulfonamides is 1. The van der Waals surface area contributed by atoms with Gasteiger partial charge in [0, 0.05) is 25.8 Å². The Morgan fingerprint density at radius 2 is 1.67 bits per heavy atom. The fourth-order valence-corrected chi connectivity index (χ4v) is 6.36. The third-order valence-electron chi connectivity index (χ3n) is 7.23. The number of rotatable bonds is 12. The first-order valence-corrected chi connectivity index (χ1v) is 15.3. The second kappa shape index (κ2) is 13.1. The average Bonchev–Trinajstić information content (AvgIpc) is 3.66. The molecule has 3 aromatic carbocycles. The summed E-state index contributed by atoms with van der Waals surface area (Å²) in [6, 6.07) is 16.1. The minimum absolute atomic E-state index is 0.0824. The molecule has 0 radical (unpaired) electrons. The van der Waals surface area contributed by atoms with Gasteiger partial charge in [0.2, 0.25) is 15.9 Å². The number of benzene rings is 3. The second-order valence-electron chi connectivity index (χ2n) is 9.98. The molecule has 43 heavy (non-hydrogen) atoms. The summed E-state index contributed by atoms with van der Waals surface area (Å²) in [6.45, 7) is 2.39. The first kappa shape index (κ1) is 30.5. The lowest BCUT2D eigenvalue weighted by Crippen LogP contribution is -2.37. The van der Waals surface area contributed by atoms with Crippen LogP contribution in [0.3, 0.4) is 0 Å². The molecule has 0 bridgehead atoms. The Bertz CT molecular complexity index is 1650. The standard InChI is InChI=1S/C31H33F2N3O6S/c1-4-29-27(20-35(19-25-6-5-17-41-25)43(37,38)26-14-12-24(40-3)13-15-26)31(42-30-16-7-21(32)18-28(30)33)36(34-29)22-8-10-23(39-2)11-9-22/h7-16,18,25H,4-6,17,19-20H2,1-3H3. The fraction of sp³-hybridized carbons (Fsp3) is 0.323. The number of aryl methyl sites for hydroxylation is 1. The summed E-state index contributed by atoms with van der Waals surface area (Å²) in [5.41, 5.74) is 1.57. The van der Waals surface area contributed by atoms with Gasteiger partial charge in [-0.3, -0.25) is 0 Å². The summed E-state index contributed by atoms with van der Waals surface area (Å²) in [7, 11) is -0.984. The highest BCUT2D eigenvalue weighted by Crippen LogP contribution is 2.35. The number of ether oxygens (including phenoxy) is 4. The van der Waals surface area contributed by atoms with E-state index in [0.717, 1.165) is 18.6 Å². The Morgan fingerprint density at radius 3 is 2.26 bits per heavy atom. The smallest absolute Gasteiger partial charge is 0.243 e. The maximum absolute atomic E-state index is 14.9. The highest BCUT2D eigenvalue weighted by molar-refractivity contribution is 7.89. The molecule has 1 unspecified atom stereocenters. The predicted molar refractivity (Wildman–Crippen MR) is 155 cm³/mol. The Hall–Kier alpha value is -4.00. The molecular weight excluding hydrogens is 580 g/mol. The van der Waals surface area contributed by atoms with E-state index < -0.39 is 21.7 Å². The molecule has 1 aromatic heterocycles. The van der Waals surface area contributed by atoms with E-state index in [1.165, 1.54) is 34.3 Å². The monoisotopic (exact) mass is 613 g/mol. The molecule has 1 saturated heterocycles. The van der Waals surface area contributed by atoms with Crippen LogP contribution < -0.4 is 14.2 Å². The van der Waals surface area contributed by atoms with Crippen LogP contribution in [0.1, 0.15) is 31.0 Å². The molecule has 9 nitrogen and oxygen atoms in total. The molecule has 1 atom stereocenters. The number of hydrogen-bond donors (Lipinski definition) is 0. The van der Waals surface area contributed by atoms with Crippen LogP contribution in [0.4, 0.5) is 8.78 Å². The molecule has 0 aliphatic carbocycles. The lowest BCUT2D eigenvalue weighted by Gasteiger charge is -2.25. The molecule has 0 saturated carbocycles. The minimum atomic E-state index is -4.04. The summed E-state index contributed by atoms with van der Waals surface area (Å²) < 4.78 is 82.0. The van der Waals surface area contributed by atoms with Crippen LogP contribution in [0.5, 0.6) is 23.1 Å². The number of aromatic nitrogens is 2. The van der Waals surface area contributed by atoms with Crippen LogP contribution in [-0.4, -0.2) is 56.0 Å². The second-order valence-corrected chi connectivity index (χ2v) is 11.9. The van der Waals surface area contributed by atoms with Crippen LogP contribution in [0.15, 0.2) is 71.6 Å². The average molecular weight is 614 g/mol. The van der Waals surface area contributed by atoms with Gasteiger partial charge in [0.15, 0.2) is 11.6 Å². The van der Waals surface area contributed by atoms with Gasteiger partial charge in [0.1, 0.15) is 17.3 Å². The maximum atomic E-state index is 14.9. The van der Waals surface area contributed by atoms with Crippen molar-refractivity contribution in [2.24, 2.45) is 0 Å². The van der Waals surface area contributed by atoms with Crippen LogP contribution in [0.2, 0.25) is 0 Å². The highest BCUT2D eigenvalue weighted by Gasteiger charge is 2.33. The third kappa shape index (κ3) is 6.66. The van der Waals surface area contributed by atoms with Crippen molar-refractivity contribution in [1.29, 1.82) is 0 Å².